The molecule has 0 saturated carbocycles. The van der Waals surface area contributed by atoms with Crippen molar-refractivity contribution in [3.8, 4) is 0 Å². The summed E-state index contributed by atoms with van der Waals surface area (Å²) in [6.45, 7) is 8.75. The molecule has 0 aromatic carbocycles. The maximum Gasteiger partial charge on any atom is 0.0870 e. The van der Waals surface area contributed by atoms with Gasteiger partial charge in [-0.1, -0.05) is 13.0 Å². The van der Waals surface area contributed by atoms with Crippen LogP contribution in [-0.2, 0) is 6.42 Å². The Morgan fingerprint density at radius 1 is 1.32 bits per heavy atom. The zero-order valence-corrected chi connectivity index (χ0v) is 14.3. The van der Waals surface area contributed by atoms with E-state index in [0.29, 0.717) is 6.04 Å². The van der Waals surface area contributed by atoms with Gasteiger partial charge in [-0.25, -0.2) is 0 Å². The van der Waals surface area contributed by atoms with Crippen LogP contribution in [0.15, 0.2) is 29.8 Å². The lowest BCUT2D eigenvalue weighted by Crippen LogP contribution is -2.33. The molecule has 3 heterocycles. The first-order chi connectivity index (χ1) is 10.8. The molecule has 1 atom stereocenters. The Morgan fingerprint density at radius 2 is 2.23 bits per heavy atom. The Bertz CT molecular complexity index is 583. The molecule has 1 aliphatic rings. The van der Waals surface area contributed by atoms with Crippen molar-refractivity contribution in [1.29, 1.82) is 0 Å². The van der Waals surface area contributed by atoms with E-state index in [1.54, 1.807) is 0 Å². The molecule has 4 heteroatoms. The molecule has 0 bridgehead atoms. The number of pyridine rings is 1. The Kier molecular flexibility index (Phi) is 5.24. The van der Waals surface area contributed by atoms with Gasteiger partial charge in [0.15, 0.2) is 0 Å². The lowest BCUT2D eigenvalue weighted by Gasteiger charge is -2.29. The number of aryl methyl sites for hydroxylation is 2. The van der Waals surface area contributed by atoms with Crippen LogP contribution in [0, 0.1) is 6.92 Å². The van der Waals surface area contributed by atoms with Gasteiger partial charge in [-0.05, 0) is 54.9 Å². The van der Waals surface area contributed by atoms with Crippen LogP contribution in [0.2, 0.25) is 0 Å². The predicted molar refractivity (Wildman–Crippen MR) is 93.6 cm³/mol. The summed E-state index contributed by atoms with van der Waals surface area (Å²) < 4.78 is 0. The molecule has 1 saturated heterocycles. The van der Waals surface area contributed by atoms with E-state index < -0.39 is 0 Å². The molecule has 0 aliphatic carbocycles. The van der Waals surface area contributed by atoms with Crippen molar-refractivity contribution in [1.82, 2.24) is 15.2 Å². The van der Waals surface area contributed by atoms with Crippen molar-refractivity contribution < 1.29 is 0 Å². The first-order valence-electron chi connectivity index (χ1n) is 8.22. The van der Waals surface area contributed by atoms with Crippen LogP contribution >= 0.6 is 11.3 Å². The second-order valence-corrected chi connectivity index (χ2v) is 6.96. The zero-order valence-electron chi connectivity index (χ0n) is 13.5. The number of rotatable bonds is 4. The summed E-state index contributed by atoms with van der Waals surface area (Å²) in [4.78, 5) is 8.78. The third-order valence-corrected chi connectivity index (χ3v) is 5.40. The minimum absolute atomic E-state index is 0.296. The quantitative estimate of drug-likeness (QED) is 0.937. The molecule has 0 amide bonds. The van der Waals surface area contributed by atoms with E-state index in [9.17, 15) is 0 Å². The molecule has 0 spiro atoms. The van der Waals surface area contributed by atoms with E-state index in [0.717, 1.165) is 32.6 Å². The molecule has 0 radical (unpaired) electrons. The van der Waals surface area contributed by atoms with Crippen molar-refractivity contribution >= 4 is 11.3 Å². The first kappa shape index (κ1) is 15.7. The molecule has 1 aliphatic heterocycles. The number of hydrogen-bond acceptors (Lipinski definition) is 4. The van der Waals surface area contributed by atoms with E-state index in [1.807, 2.05) is 17.5 Å². The fourth-order valence-corrected chi connectivity index (χ4v) is 4.08. The SMILES string of the molecule is CCc1ccc(C(c2cc(C)cs2)N2CCCNCC2)nc1. The van der Waals surface area contributed by atoms with E-state index in [2.05, 4.69) is 47.6 Å². The second-order valence-electron chi connectivity index (χ2n) is 6.01. The van der Waals surface area contributed by atoms with Gasteiger partial charge in [0, 0.05) is 30.7 Å². The highest BCUT2D eigenvalue weighted by Crippen LogP contribution is 2.32. The topological polar surface area (TPSA) is 28.2 Å². The summed E-state index contributed by atoms with van der Waals surface area (Å²) in [5, 5.41) is 5.75. The van der Waals surface area contributed by atoms with Gasteiger partial charge in [0.2, 0.25) is 0 Å². The number of thiophene rings is 1. The van der Waals surface area contributed by atoms with E-state index >= 15 is 0 Å². The third kappa shape index (κ3) is 3.57. The monoisotopic (exact) mass is 315 g/mol. The third-order valence-electron chi connectivity index (χ3n) is 4.30. The van der Waals surface area contributed by atoms with Gasteiger partial charge in [-0.15, -0.1) is 11.3 Å². The summed E-state index contributed by atoms with van der Waals surface area (Å²) in [5.74, 6) is 0. The van der Waals surface area contributed by atoms with Crippen LogP contribution in [0.3, 0.4) is 0 Å². The van der Waals surface area contributed by atoms with E-state index in [-0.39, 0.29) is 0 Å². The van der Waals surface area contributed by atoms with Gasteiger partial charge in [-0.2, -0.15) is 0 Å². The van der Waals surface area contributed by atoms with Gasteiger partial charge in [0.05, 0.1) is 11.7 Å². The second kappa shape index (κ2) is 7.36. The average Bonchev–Trinajstić information content (AvgIpc) is 2.80. The van der Waals surface area contributed by atoms with Crippen LogP contribution in [0.25, 0.3) is 0 Å². The maximum atomic E-state index is 4.79. The minimum atomic E-state index is 0.296. The first-order valence-corrected chi connectivity index (χ1v) is 9.10. The molecular weight excluding hydrogens is 290 g/mol. The van der Waals surface area contributed by atoms with Gasteiger partial charge < -0.3 is 5.32 Å². The molecule has 2 aromatic heterocycles. The number of nitrogens with zero attached hydrogens (tertiary/aromatic N) is 2. The Labute approximate surface area is 137 Å². The standard InChI is InChI=1S/C18H25N3S/c1-3-15-5-6-16(20-12-15)18(17-11-14(2)13-22-17)21-9-4-7-19-8-10-21/h5-6,11-13,18-19H,3-4,7-10H2,1-2H3. The Hall–Kier alpha value is -1.23. The van der Waals surface area contributed by atoms with Gasteiger partial charge in [0.1, 0.15) is 0 Å². The van der Waals surface area contributed by atoms with Crippen LogP contribution < -0.4 is 5.32 Å². The smallest absolute Gasteiger partial charge is 0.0870 e. The van der Waals surface area contributed by atoms with Crippen molar-refractivity contribution in [3.05, 3.63) is 51.5 Å². The van der Waals surface area contributed by atoms with Gasteiger partial charge >= 0.3 is 0 Å². The summed E-state index contributed by atoms with van der Waals surface area (Å²) in [5.41, 5.74) is 3.84. The molecule has 3 nitrogen and oxygen atoms in total. The van der Waals surface area contributed by atoms with Crippen LogP contribution in [0.1, 0.15) is 41.1 Å². The average molecular weight is 315 g/mol. The van der Waals surface area contributed by atoms with Crippen LogP contribution in [0.4, 0.5) is 0 Å². The molecule has 22 heavy (non-hydrogen) atoms. The molecule has 1 fully saturated rings. The molecule has 3 rings (SSSR count). The highest BCUT2D eigenvalue weighted by Gasteiger charge is 2.25. The molecule has 2 aromatic rings. The van der Waals surface area contributed by atoms with E-state index in [1.165, 1.54) is 28.1 Å². The lowest BCUT2D eigenvalue weighted by molar-refractivity contribution is 0.240. The predicted octanol–water partition coefficient (Wildman–Crippen LogP) is 3.40. The van der Waals surface area contributed by atoms with Gasteiger partial charge in [0.25, 0.3) is 0 Å². The molecule has 1 N–H and O–H groups in total. The summed E-state index contributed by atoms with van der Waals surface area (Å²) >= 11 is 1.86. The maximum absolute atomic E-state index is 4.79. The highest BCUT2D eigenvalue weighted by atomic mass is 32.1. The fourth-order valence-electron chi connectivity index (χ4n) is 3.04. The lowest BCUT2D eigenvalue weighted by atomic mass is 10.1. The van der Waals surface area contributed by atoms with Crippen molar-refractivity contribution in [3.63, 3.8) is 0 Å². The summed E-state index contributed by atoms with van der Waals surface area (Å²) in [7, 11) is 0. The number of nitrogens with one attached hydrogen (secondary N) is 1. The number of aromatic nitrogens is 1. The minimum Gasteiger partial charge on any atom is -0.315 e. The van der Waals surface area contributed by atoms with Crippen molar-refractivity contribution in [2.75, 3.05) is 26.2 Å². The Balaban J connectivity index is 1.93. The molecular formula is C18H25N3S. The van der Waals surface area contributed by atoms with Crippen LogP contribution in [0.5, 0.6) is 0 Å². The van der Waals surface area contributed by atoms with Gasteiger partial charge in [-0.3, -0.25) is 9.88 Å². The fraction of sp³-hybridized carbons (Fsp3) is 0.500. The number of hydrogen-bond donors (Lipinski definition) is 1. The Morgan fingerprint density at radius 3 is 2.91 bits per heavy atom. The molecule has 1 unspecified atom stereocenters. The summed E-state index contributed by atoms with van der Waals surface area (Å²) in [6, 6.07) is 7.07. The highest BCUT2D eigenvalue weighted by molar-refractivity contribution is 7.10. The van der Waals surface area contributed by atoms with Crippen LogP contribution in [-0.4, -0.2) is 36.1 Å². The largest absolute Gasteiger partial charge is 0.315 e. The zero-order chi connectivity index (χ0) is 15.4. The van der Waals surface area contributed by atoms with Crippen molar-refractivity contribution in [2.45, 2.75) is 32.7 Å². The normalized spacial score (nSPS) is 18.1. The van der Waals surface area contributed by atoms with E-state index in [4.69, 9.17) is 4.98 Å². The van der Waals surface area contributed by atoms with Crippen molar-refractivity contribution in [2.24, 2.45) is 0 Å². The summed E-state index contributed by atoms with van der Waals surface area (Å²) in [6.07, 6.45) is 4.29. The molecule has 118 valence electrons.